The molecular formula is C11H12N2O. The Balaban J connectivity index is 2.71. The van der Waals surface area contributed by atoms with E-state index in [1.807, 2.05) is 19.9 Å². The van der Waals surface area contributed by atoms with Crippen molar-refractivity contribution in [2.75, 3.05) is 0 Å². The molecule has 14 heavy (non-hydrogen) atoms. The summed E-state index contributed by atoms with van der Waals surface area (Å²) in [5.74, 6) is 0.592. The predicted molar refractivity (Wildman–Crippen MR) is 55.3 cm³/mol. The Hall–Kier alpha value is -1.64. The second-order valence-corrected chi connectivity index (χ2v) is 3.61. The van der Waals surface area contributed by atoms with Gasteiger partial charge in [0.25, 0.3) is 0 Å². The summed E-state index contributed by atoms with van der Waals surface area (Å²) in [4.78, 5) is 8.31. The maximum atomic E-state index is 9.71. The molecule has 0 amide bonds. The summed E-state index contributed by atoms with van der Waals surface area (Å²) >= 11 is 0. The number of benzene rings is 1. The average Bonchev–Trinajstić information content (AvgIpc) is 2.16. The van der Waals surface area contributed by atoms with Crippen LogP contribution in [0.3, 0.4) is 0 Å². The number of aromatic hydroxyl groups is 1. The molecule has 0 saturated carbocycles. The number of nitrogens with zero attached hydrogens (tertiary/aromatic N) is 2. The fourth-order valence-electron chi connectivity index (χ4n) is 1.48. The highest BCUT2D eigenvalue weighted by Gasteiger charge is 2.08. The smallest absolute Gasteiger partial charge is 0.121 e. The lowest BCUT2D eigenvalue weighted by molar-refractivity contribution is 0.465. The van der Waals surface area contributed by atoms with Gasteiger partial charge >= 0.3 is 0 Å². The normalized spacial score (nSPS) is 11.1. The quantitative estimate of drug-likeness (QED) is 0.747. The first-order valence-corrected chi connectivity index (χ1v) is 4.62. The number of rotatable bonds is 1. The molecule has 3 heteroatoms. The van der Waals surface area contributed by atoms with E-state index in [0.717, 1.165) is 16.6 Å². The number of phenolic OH excluding ortho intramolecular Hbond substituents is 1. The monoisotopic (exact) mass is 188 g/mol. The van der Waals surface area contributed by atoms with Gasteiger partial charge < -0.3 is 5.11 Å². The Kier molecular flexibility index (Phi) is 2.08. The van der Waals surface area contributed by atoms with Gasteiger partial charge in [-0.1, -0.05) is 13.8 Å². The van der Waals surface area contributed by atoms with Crippen LogP contribution < -0.4 is 0 Å². The topological polar surface area (TPSA) is 46.0 Å². The van der Waals surface area contributed by atoms with Gasteiger partial charge in [0.2, 0.25) is 0 Å². The van der Waals surface area contributed by atoms with E-state index in [0.29, 0.717) is 11.7 Å². The highest BCUT2D eigenvalue weighted by atomic mass is 16.3. The molecule has 2 rings (SSSR count). The van der Waals surface area contributed by atoms with Crippen molar-refractivity contribution in [3.8, 4) is 5.75 Å². The number of hydrogen-bond donors (Lipinski definition) is 1. The van der Waals surface area contributed by atoms with E-state index in [9.17, 15) is 5.11 Å². The zero-order chi connectivity index (χ0) is 10.1. The average molecular weight is 188 g/mol. The third-order valence-corrected chi connectivity index (χ3v) is 2.24. The van der Waals surface area contributed by atoms with Gasteiger partial charge in [-0.15, -0.1) is 0 Å². The minimum Gasteiger partial charge on any atom is -0.508 e. The molecule has 0 saturated heterocycles. The Morgan fingerprint density at radius 1 is 1.07 bits per heavy atom. The molecule has 1 aromatic carbocycles. The lowest BCUT2D eigenvalue weighted by atomic mass is 10.0. The van der Waals surface area contributed by atoms with Crippen LogP contribution in [0.15, 0.2) is 24.5 Å². The van der Waals surface area contributed by atoms with Crippen molar-refractivity contribution >= 4 is 11.0 Å². The third-order valence-electron chi connectivity index (χ3n) is 2.24. The molecule has 0 aliphatic heterocycles. The van der Waals surface area contributed by atoms with E-state index in [2.05, 4.69) is 9.97 Å². The summed E-state index contributed by atoms with van der Waals surface area (Å²) in [5.41, 5.74) is 2.47. The molecule has 2 aromatic rings. The highest BCUT2D eigenvalue weighted by molar-refractivity contribution is 5.77. The third kappa shape index (κ3) is 1.41. The van der Waals surface area contributed by atoms with Crippen molar-refractivity contribution < 1.29 is 5.11 Å². The van der Waals surface area contributed by atoms with E-state index < -0.39 is 0 Å². The molecule has 0 fully saturated rings. The molecule has 0 bridgehead atoms. The SMILES string of the molecule is CC(C)c1cc2nccnc2cc1O. The van der Waals surface area contributed by atoms with E-state index in [1.54, 1.807) is 18.5 Å². The van der Waals surface area contributed by atoms with Gasteiger partial charge in [-0.2, -0.15) is 0 Å². The van der Waals surface area contributed by atoms with Gasteiger partial charge in [0, 0.05) is 18.5 Å². The van der Waals surface area contributed by atoms with Gasteiger partial charge in [-0.25, -0.2) is 0 Å². The van der Waals surface area contributed by atoms with Crippen LogP contribution in [-0.2, 0) is 0 Å². The van der Waals surface area contributed by atoms with Crippen LogP contribution in [0, 0.1) is 0 Å². The molecule has 0 radical (unpaired) electrons. The standard InChI is InChI=1S/C11H12N2O/c1-7(2)8-5-9-10(6-11(8)14)13-4-3-12-9/h3-7,14H,1-2H3. The molecule has 72 valence electrons. The minimum absolute atomic E-state index is 0.293. The summed E-state index contributed by atoms with van der Waals surface area (Å²) in [6.07, 6.45) is 3.28. The van der Waals surface area contributed by atoms with Crippen LogP contribution in [0.5, 0.6) is 5.75 Å². The fraction of sp³-hybridized carbons (Fsp3) is 0.273. The van der Waals surface area contributed by atoms with Crippen LogP contribution in [0.4, 0.5) is 0 Å². The number of hydrogen-bond acceptors (Lipinski definition) is 3. The molecular weight excluding hydrogens is 176 g/mol. The molecule has 3 nitrogen and oxygen atoms in total. The van der Waals surface area contributed by atoms with E-state index in [1.165, 1.54) is 0 Å². The summed E-state index contributed by atoms with van der Waals surface area (Å²) in [5, 5.41) is 9.71. The van der Waals surface area contributed by atoms with Crippen LogP contribution in [0.2, 0.25) is 0 Å². The maximum absolute atomic E-state index is 9.71. The van der Waals surface area contributed by atoms with Crippen molar-refractivity contribution in [2.45, 2.75) is 19.8 Å². The lowest BCUT2D eigenvalue weighted by Crippen LogP contribution is -1.90. The van der Waals surface area contributed by atoms with Crippen molar-refractivity contribution in [1.82, 2.24) is 9.97 Å². The fourth-order valence-corrected chi connectivity index (χ4v) is 1.48. The van der Waals surface area contributed by atoms with Gasteiger partial charge in [0.15, 0.2) is 0 Å². The Morgan fingerprint density at radius 2 is 1.64 bits per heavy atom. The molecule has 0 atom stereocenters. The maximum Gasteiger partial charge on any atom is 0.121 e. The molecule has 1 N–H and O–H groups in total. The molecule has 0 aliphatic rings. The van der Waals surface area contributed by atoms with E-state index in [4.69, 9.17) is 0 Å². The molecule has 1 heterocycles. The van der Waals surface area contributed by atoms with Crippen molar-refractivity contribution in [2.24, 2.45) is 0 Å². The second kappa shape index (κ2) is 3.25. The van der Waals surface area contributed by atoms with Crippen molar-refractivity contribution in [1.29, 1.82) is 0 Å². The predicted octanol–water partition coefficient (Wildman–Crippen LogP) is 2.46. The summed E-state index contributed by atoms with van der Waals surface area (Å²) < 4.78 is 0. The Bertz CT molecular complexity index is 466. The van der Waals surface area contributed by atoms with Gasteiger partial charge in [0.05, 0.1) is 11.0 Å². The first-order chi connectivity index (χ1) is 6.68. The Morgan fingerprint density at radius 3 is 2.21 bits per heavy atom. The zero-order valence-electron chi connectivity index (χ0n) is 8.23. The minimum atomic E-state index is 0.293. The van der Waals surface area contributed by atoms with Gasteiger partial charge in [0.1, 0.15) is 5.75 Å². The van der Waals surface area contributed by atoms with Crippen molar-refractivity contribution in [3.05, 3.63) is 30.1 Å². The molecule has 0 unspecified atom stereocenters. The molecule has 0 aliphatic carbocycles. The number of phenols is 1. The van der Waals surface area contributed by atoms with Crippen LogP contribution >= 0.6 is 0 Å². The van der Waals surface area contributed by atoms with Crippen LogP contribution in [-0.4, -0.2) is 15.1 Å². The van der Waals surface area contributed by atoms with Crippen LogP contribution in [0.1, 0.15) is 25.3 Å². The largest absolute Gasteiger partial charge is 0.508 e. The lowest BCUT2D eigenvalue weighted by Gasteiger charge is -2.08. The number of fused-ring (bicyclic) bond motifs is 1. The molecule has 0 spiro atoms. The summed E-state index contributed by atoms with van der Waals surface area (Å²) in [6, 6.07) is 3.56. The van der Waals surface area contributed by atoms with Gasteiger partial charge in [-0.3, -0.25) is 9.97 Å². The summed E-state index contributed by atoms with van der Waals surface area (Å²) in [7, 11) is 0. The molecule has 1 aromatic heterocycles. The van der Waals surface area contributed by atoms with E-state index >= 15 is 0 Å². The zero-order valence-corrected chi connectivity index (χ0v) is 8.23. The van der Waals surface area contributed by atoms with Crippen LogP contribution in [0.25, 0.3) is 11.0 Å². The highest BCUT2D eigenvalue weighted by Crippen LogP contribution is 2.28. The number of aromatic nitrogens is 2. The summed E-state index contributed by atoms with van der Waals surface area (Å²) in [6.45, 7) is 4.08. The Labute approximate surface area is 82.4 Å². The first kappa shape index (κ1) is 8.94. The van der Waals surface area contributed by atoms with Crippen molar-refractivity contribution in [3.63, 3.8) is 0 Å². The van der Waals surface area contributed by atoms with E-state index in [-0.39, 0.29) is 0 Å². The first-order valence-electron chi connectivity index (χ1n) is 4.62. The second-order valence-electron chi connectivity index (χ2n) is 3.61. The van der Waals surface area contributed by atoms with Gasteiger partial charge in [-0.05, 0) is 17.5 Å².